The van der Waals surface area contributed by atoms with E-state index in [1.807, 2.05) is 7.11 Å². The monoisotopic (exact) mass is 262 g/mol. The summed E-state index contributed by atoms with van der Waals surface area (Å²) < 4.78 is 12.2. The van der Waals surface area contributed by atoms with Gasteiger partial charge in [0, 0.05) is 7.11 Å². The molecule has 3 heteroatoms. The van der Waals surface area contributed by atoms with E-state index in [4.69, 9.17) is 8.85 Å². The molecule has 1 atom stereocenters. The van der Waals surface area contributed by atoms with Crippen molar-refractivity contribution in [2.75, 3.05) is 13.7 Å². The van der Waals surface area contributed by atoms with Crippen molar-refractivity contribution >= 4 is 8.56 Å². The van der Waals surface area contributed by atoms with E-state index >= 15 is 0 Å². The molecule has 0 radical (unpaired) electrons. The molecule has 0 aromatic carbocycles. The van der Waals surface area contributed by atoms with Crippen LogP contribution in [0.2, 0.25) is 6.04 Å². The second-order valence-corrected chi connectivity index (χ2v) is 8.12. The molecule has 0 N–H and O–H groups in total. The molecule has 0 aromatic rings. The van der Waals surface area contributed by atoms with Crippen LogP contribution in [0, 0.1) is 0 Å². The fourth-order valence-electron chi connectivity index (χ4n) is 2.48. The summed E-state index contributed by atoms with van der Waals surface area (Å²) in [7, 11) is -0.366. The van der Waals surface area contributed by atoms with E-state index in [0.29, 0.717) is 6.61 Å². The molecule has 0 spiro atoms. The predicted octanol–water partition coefficient (Wildman–Crippen LogP) is 3.81. The molecule has 0 saturated heterocycles. The highest BCUT2D eigenvalue weighted by molar-refractivity contribution is 6.75. The third kappa shape index (κ3) is 2.91. The van der Waals surface area contributed by atoms with E-state index < -0.39 is 8.56 Å². The predicted molar refractivity (Wildman–Crippen MR) is 77.5 cm³/mol. The second kappa shape index (κ2) is 6.32. The fraction of sp³-hybridized carbons (Fsp3) is 0.467. The van der Waals surface area contributed by atoms with Crippen LogP contribution in [0.4, 0.5) is 0 Å². The fourth-order valence-corrected chi connectivity index (χ4v) is 5.58. The molecule has 2 rings (SSSR count). The van der Waals surface area contributed by atoms with Crippen molar-refractivity contribution in [1.29, 1.82) is 0 Å². The smallest absolute Gasteiger partial charge is 0.368 e. The van der Waals surface area contributed by atoms with Gasteiger partial charge in [-0.15, -0.1) is 0 Å². The Labute approximate surface area is 111 Å². The van der Waals surface area contributed by atoms with Crippen LogP contribution in [-0.2, 0) is 8.85 Å². The summed E-state index contributed by atoms with van der Waals surface area (Å²) in [6.07, 6.45) is 16.0. The first kappa shape index (κ1) is 13.5. The van der Waals surface area contributed by atoms with E-state index in [1.54, 1.807) is 0 Å². The van der Waals surface area contributed by atoms with Gasteiger partial charge in [0.05, 0.1) is 6.61 Å². The molecule has 2 nitrogen and oxygen atoms in total. The number of hydrogen-bond acceptors (Lipinski definition) is 2. The third-order valence-corrected chi connectivity index (χ3v) is 7.29. The van der Waals surface area contributed by atoms with Gasteiger partial charge >= 0.3 is 8.56 Å². The molecule has 1 unspecified atom stereocenters. The lowest BCUT2D eigenvalue weighted by Gasteiger charge is -2.30. The Kier molecular flexibility index (Phi) is 4.75. The van der Waals surface area contributed by atoms with Gasteiger partial charge in [0.2, 0.25) is 0 Å². The Balaban J connectivity index is 2.03. The van der Waals surface area contributed by atoms with Crippen molar-refractivity contribution in [3.05, 3.63) is 47.2 Å². The van der Waals surface area contributed by atoms with Crippen molar-refractivity contribution in [1.82, 2.24) is 0 Å². The lowest BCUT2D eigenvalue weighted by Crippen LogP contribution is -2.43. The van der Waals surface area contributed by atoms with Crippen molar-refractivity contribution in [2.45, 2.75) is 32.2 Å². The topological polar surface area (TPSA) is 18.5 Å². The first-order valence-electron chi connectivity index (χ1n) is 6.70. The third-order valence-electron chi connectivity index (χ3n) is 3.51. The molecular formula is C15H22O2Si. The van der Waals surface area contributed by atoms with Gasteiger partial charge in [-0.2, -0.15) is 0 Å². The summed E-state index contributed by atoms with van der Waals surface area (Å²) in [5.74, 6) is 0. The molecule has 0 saturated carbocycles. The molecule has 0 fully saturated rings. The lowest BCUT2D eigenvalue weighted by molar-refractivity contribution is 0.222. The summed E-state index contributed by atoms with van der Waals surface area (Å²) in [6.45, 7) is 2.91. The van der Waals surface area contributed by atoms with Gasteiger partial charge in [0.25, 0.3) is 0 Å². The standard InChI is InChI=1S/C15H22O2Si/c1-3-12-18(16-2,15-10-6-7-11-15)17-13-14-8-4-5-9-14/h4-8,10H,3,9,11-13H2,1-2H3. The Morgan fingerprint density at radius 2 is 1.94 bits per heavy atom. The molecule has 0 aliphatic heterocycles. The maximum Gasteiger partial charge on any atom is 0.368 e. The SMILES string of the molecule is CCC[Si](OC)(OCC1=CC=CC1)C1=CC=CC1. The van der Waals surface area contributed by atoms with Gasteiger partial charge in [-0.25, -0.2) is 0 Å². The van der Waals surface area contributed by atoms with Crippen LogP contribution in [0.15, 0.2) is 47.2 Å². The zero-order chi connectivity index (χ0) is 12.8. The van der Waals surface area contributed by atoms with E-state index in [0.717, 1.165) is 25.3 Å². The van der Waals surface area contributed by atoms with Gasteiger partial charge in [0.15, 0.2) is 0 Å². The van der Waals surface area contributed by atoms with Crippen LogP contribution in [0.1, 0.15) is 26.2 Å². The first-order valence-corrected chi connectivity index (χ1v) is 8.73. The maximum absolute atomic E-state index is 6.29. The van der Waals surface area contributed by atoms with Gasteiger partial charge in [-0.3, -0.25) is 0 Å². The highest BCUT2D eigenvalue weighted by Gasteiger charge is 2.40. The highest BCUT2D eigenvalue weighted by atomic mass is 28.4. The molecule has 2 aliphatic carbocycles. The van der Waals surface area contributed by atoms with E-state index in [1.165, 1.54) is 10.8 Å². The van der Waals surface area contributed by atoms with Crippen molar-refractivity contribution in [2.24, 2.45) is 0 Å². The minimum Gasteiger partial charge on any atom is -0.394 e. The molecule has 2 aliphatic rings. The minimum absolute atomic E-state index is 0.713. The Morgan fingerprint density at radius 1 is 1.17 bits per heavy atom. The van der Waals surface area contributed by atoms with Crippen molar-refractivity contribution < 1.29 is 8.85 Å². The minimum atomic E-state index is -2.17. The van der Waals surface area contributed by atoms with Gasteiger partial charge in [-0.1, -0.05) is 49.8 Å². The second-order valence-electron chi connectivity index (χ2n) is 4.78. The lowest BCUT2D eigenvalue weighted by atomic mass is 10.3. The van der Waals surface area contributed by atoms with Gasteiger partial charge in [0.1, 0.15) is 0 Å². The Morgan fingerprint density at radius 3 is 2.50 bits per heavy atom. The molecule has 0 heterocycles. The van der Waals surface area contributed by atoms with Crippen LogP contribution in [0.3, 0.4) is 0 Å². The molecule has 18 heavy (non-hydrogen) atoms. The number of hydrogen-bond donors (Lipinski definition) is 0. The van der Waals surface area contributed by atoms with Crippen LogP contribution in [-0.4, -0.2) is 22.3 Å². The number of rotatable bonds is 7. The first-order chi connectivity index (χ1) is 8.80. The maximum atomic E-state index is 6.29. The zero-order valence-corrected chi connectivity index (χ0v) is 12.3. The molecular weight excluding hydrogens is 240 g/mol. The quantitative estimate of drug-likeness (QED) is 0.649. The average Bonchev–Trinajstić information content (AvgIpc) is 3.07. The van der Waals surface area contributed by atoms with Crippen LogP contribution in [0.25, 0.3) is 0 Å². The molecule has 0 aromatic heterocycles. The summed E-state index contributed by atoms with van der Waals surface area (Å²) in [5.41, 5.74) is 1.35. The highest BCUT2D eigenvalue weighted by Crippen LogP contribution is 2.30. The average molecular weight is 262 g/mol. The van der Waals surface area contributed by atoms with Crippen molar-refractivity contribution in [3.8, 4) is 0 Å². The van der Waals surface area contributed by atoms with Gasteiger partial charge in [-0.05, 0) is 29.7 Å². The normalized spacial score (nSPS) is 21.0. The van der Waals surface area contributed by atoms with E-state index in [-0.39, 0.29) is 0 Å². The van der Waals surface area contributed by atoms with Gasteiger partial charge < -0.3 is 8.85 Å². The molecule has 98 valence electrons. The molecule has 0 amide bonds. The van der Waals surface area contributed by atoms with E-state index in [2.05, 4.69) is 43.4 Å². The Hall–Kier alpha value is -0.903. The summed E-state index contributed by atoms with van der Waals surface area (Å²) in [5, 5.41) is 1.37. The van der Waals surface area contributed by atoms with Crippen LogP contribution in [0.5, 0.6) is 0 Å². The number of allylic oxidation sites excluding steroid dienone is 7. The van der Waals surface area contributed by atoms with E-state index in [9.17, 15) is 0 Å². The van der Waals surface area contributed by atoms with Crippen LogP contribution < -0.4 is 0 Å². The zero-order valence-electron chi connectivity index (χ0n) is 11.3. The molecule has 0 bridgehead atoms. The summed E-state index contributed by atoms with van der Waals surface area (Å²) >= 11 is 0. The Bertz CT molecular complexity index is 407. The summed E-state index contributed by atoms with van der Waals surface area (Å²) in [4.78, 5) is 0. The largest absolute Gasteiger partial charge is 0.394 e. The van der Waals surface area contributed by atoms with Crippen LogP contribution >= 0.6 is 0 Å². The van der Waals surface area contributed by atoms with Crippen molar-refractivity contribution in [3.63, 3.8) is 0 Å². The summed E-state index contributed by atoms with van der Waals surface area (Å²) in [6, 6.07) is 1.04.